The first-order valence-electron chi connectivity index (χ1n) is 3.93. The van der Waals surface area contributed by atoms with Gasteiger partial charge in [0.2, 0.25) is 0 Å². The third kappa shape index (κ3) is 2.28. The van der Waals surface area contributed by atoms with E-state index in [1.165, 1.54) is 6.92 Å². The minimum atomic E-state index is -0.751. The van der Waals surface area contributed by atoms with Gasteiger partial charge in [-0.3, -0.25) is 4.79 Å². The third-order valence-electron chi connectivity index (χ3n) is 1.79. The number of hydrogen-bond donors (Lipinski definition) is 1. The number of carbonyl (C=O) groups excluding carboxylic acids is 1. The molecule has 0 fully saturated rings. The van der Waals surface area contributed by atoms with Gasteiger partial charge in [-0.25, -0.2) is 0 Å². The van der Waals surface area contributed by atoms with E-state index >= 15 is 0 Å². The number of carbonyl (C=O) groups is 1. The van der Waals surface area contributed by atoms with Gasteiger partial charge in [0.25, 0.3) is 0 Å². The summed E-state index contributed by atoms with van der Waals surface area (Å²) < 4.78 is 0. The van der Waals surface area contributed by atoms with Gasteiger partial charge in [0.05, 0.1) is 11.6 Å². The van der Waals surface area contributed by atoms with Crippen LogP contribution >= 0.6 is 24.2 Å². The summed E-state index contributed by atoms with van der Waals surface area (Å²) in [6.07, 6.45) is 0. The normalized spacial score (nSPS) is 11.9. The number of ketones is 1. The molecular formula is C10H8ClNOS. The zero-order valence-corrected chi connectivity index (χ0v) is 9.14. The number of nitriles is 1. The van der Waals surface area contributed by atoms with Crippen molar-refractivity contribution in [2.45, 2.75) is 17.2 Å². The number of halogens is 1. The van der Waals surface area contributed by atoms with Crippen LogP contribution in [0.15, 0.2) is 23.1 Å². The molecule has 0 bridgehead atoms. The molecule has 72 valence electrons. The topological polar surface area (TPSA) is 40.9 Å². The molecule has 1 rings (SSSR count). The fourth-order valence-electron chi connectivity index (χ4n) is 1.08. The third-order valence-corrected chi connectivity index (χ3v) is 2.61. The van der Waals surface area contributed by atoms with Crippen LogP contribution in [0.25, 0.3) is 0 Å². The van der Waals surface area contributed by atoms with Crippen molar-refractivity contribution in [2.24, 2.45) is 0 Å². The minimum absolute atomic E-state index is 0.171. The molecule has 0 spiro atoms. The Morgan fingerprint density at radius 3 is 2.79 bits per heavy atom. The SMILES string of the molecule is CC(=O)C(Cl)c1ccc(S)cc1C#N. The lowest BCUT2D eigenvalue weighted by atomic mass is 10.0. The van der Waals surface area contributed by atoms with Gasteiger partial charge < -0.3 is 0 Å². The second-order valence-electron chi connectivity index (χ2n) is 2.86. The van der Waals surface area contributed by atoms with E-state index in [1.54, 1.807) is 18.2 Å². The maximum absolute atomic E-state index is 11.0. The lowest BCUT2D eigenvalue weighted by Crippen LogP contribution is -2.03. The van der Waals surface area contributed by atoms with Crippen LogP contribution in [-0.4, -0.2) is 5.78 Å². The Morgan fingerprint density at radius 2 is 2.29 bits per heavy atom. The van der Waals surface area contributed by atoms with Crippen molar-refractivity contribution in [3.8, 4) is 6.07 Å². The van der Waals surface area contributed by atoms with Crippen LogP contribution in [0.3, 0.4) is 0 Å². The standard InChI is InChI=1S/C10H8ClNOS/c1-6(13)10(11)9-3-2-8(14)4-7(9)5-12/h2-4,10,14H,1H3. The highest BCUT2D eigenvalue weighted by Gasteiger charge is 2.16. The van der Waals surface area contributed by atoms with Crippen LogP contribution in [-0.2, 0) is 4.79 Å². The number of hydrogen-bond acceptors (Lipinski definition) is 3. The first-order chi connectivity index (χ1) is 6.56. The van der Waals surface area contributed by atoms with Crippen LogP contribution in [0.2, 0.25) is 0 Å². The molecule has 1 unspecified atom stereocenters. The summed E-state index contributed by atoms with van der Waals surface area (Å²) in [5.41, 5.74) is 0.937. The quantitative estimate of drug-likeness (QED) is 0.621. The second-order valence-corrected chi connectivity index (χ2v) is 3.81. The first-order valence-corrected chi connectivity index (χ1v) is 4.82. The number of benzene rings is 1. The van der Waals surface area contributed by atoms with Crippen LogP contribution in [0, 0.1) is 11.3 Å². The fourth-order valence-corrected chi connectivity index (χ4v) is 1.48. The van der Waals surface area contributed by atoms with Gasteiger partial charge in [0.1, 0.15) is 5.38 Å². The number of thiol groups is 1. The molecule has 0 saturated carbocycles. The van der Waals surface area contributed by atoms with Gasteiger partial charge in [-0.05, 0) is 24.6 Å². The molecule has 0 aliphatic carbocycles. The highest BCUT2D eigenvalue weighted by Crippen LogP contribution is 2.26. The zero-order chi connectivity index (χ0) is 10.7. The Labute approximate surface area is 92.9 Å². The average molecular weight is 226 g/mol. The molecule has 0 aliphatic rings. The first kappa shape index (κ1) is 11.1. The second kappa shape index (κ2) is 4.50. The summed E-state index contributed by atoms with van der Waals surface area (Å²) in [6, 6.07) is 6.94. The maximum Gasteiger partial charge on any atom is 0.152 e. The lowest BCUT2D eigenvalue weighted by molar-refractivity contribution is -0.116. The number of rotatable bonds is 2. The molecule has 1 atom stereocenters. The van der Waals surface area contributed by atoms with E-state index in [4.69, 9.17) is 16.9 Å². The van der Waals surface area contributed by atoms with Crippen molar-refractivity contribution in [1.29, 1.82) is 5.26 Å². The molecule has 0 saturated heterocycles. The van der Waals surface area contributed by atoms with Crippen LogP contribution in [0.1, 0.15) is 23.4 Å². The lowest BCUT2D eigenvalue weighted by Gasteiger charge is -2.08. The van der Waals surface area contributed by atoms with Crippen molar-refractivity contribution < 1.29 is 4.79 Å². The van der Waals surface area contributed by atoms with E-state index < -0.39 is 5.38 Å². The average Bonchev–Trinajstić information content (AvgIpc) is 2.16. The summed E-state index contributed by atoms with van der Waals surface area (Å²) in [7, 11) is 0. The molecule has 2 nitrogen and oxygen atoms in total. The molecule has 4 heteroatoms. The predicted molar refractivity (Wildman–Crippen MR) is 57.7 cm³/mol. The van der Waals surface area contributed by atoms with Crippen molar-refractivity contribution in [3.63, 3.8) is 0 Å². The predicted octanol–water partition coefficient (Wildman–Crippen LogP) is 2.72. The largest absolute Gasteiger partial charge is 0.298 e. The molecule has 0 amide bonds. The van der Waals surface area contributed by atoms with Crippen LogP contribution in [0.5, 0.6) is 0 Å². The Kier molecular flexibility index (Phi) is 3.56. The molecule has 0 radical (unpaired) electrons. The highest BCUT2D eigenvalue weighted by molar-refractivity contribution is 7.80. The van der Waals surface area contributed by atoms with Gasteiger partial charge in [0.15, 0.2) is 5.78 Å². The Bertz CT molecular complexity index is 411. The van der Waals surface area contributed by atoms with Crippen molar-refractivity contribution >= 4 is 30.0 Å². The van der Waals surface area contributed by atoms with Gasteiger partial charge in [-0.1, -0.05) is 6.07 Å². The maximum atomic E-state index is 11.0. The summed E-state index contributed by atoms with van der Waals surface area (Å²) in [6.45, 7) is 1.40. The Morgan fingerprint density at radius 1 is 1.64 bits per heavy atom. The Balaban J connectivity index is 3.22. The van der Waals surface area contributed by atoms with Gasteiger partial charge in [0, 0.05) is 4.90 Å². The fraction of sp³-hybridized carbons (Fsp3) is 0.200. The van der Waals surface area contributed by atoms with Crippen molar-refractivity contribution in [2.75, 3.05) is 0 Å². The summed E-state index contributed by atoms with van der Waals surface area (Å²) in [4.78, 5) is 11.7. The van der Waals surface area contributed by atoms with E-state index in [-0.39, 0.29) is 5.78 Å². The molecule has 0 aromatic heterocycles. The van der Waals surface area contributed by atoms with Gasteiger partial charge in [-0.2, -0.15) is 5.26 Å². The highest BCUT2D eigenvalue weighted by atomic mass is 35.5. The monoisotopic (exact) mass is 225 g/mol. The van der Waals surface area contributed by atoms with E-state index in [0.717, 1.165) is 0 Å². The summed E-state index contributed by atoms with van der Waals surface area (Å²) >= 11 is 9.95. The summed E-state index contributed by atoms with van der Waals surface area (Å²) in [5, 5.41) is 8.07. The number of alkyl halides is 1. The molecule has 0 N–H and O–H groups in total. The van der Waals surface area contributed by atoms with E-state index in [2.05, 4.69) is 12.6 Å². The minimum Gasteiger partial charge on any atom is -0.298 e. The molecule has 0 heterocycles. The molecule has 1 aromatic rings. The smallest absolute Gasteiger partial charge is 0.152 e. The van der Waals surface area contributed by atoms with E-state index in [0.29, 0.717) is 16.0 Å². The number of Topliss-reactive ketones (excluding diaryl/α,β-unsaturated/α-hetero) is 1. The van der Waals surface area contributed by atoms with E-state index in [1.807, 2.05) is 6.07 Å². The molecule has 0 aliphatic heterocycles. The van der Waals surface area contributed by atoms with Crippen LogP contribution < -0.4 is 0 Å². The van der Waals surface area contributed by atoms with Crippen LogP contribution in [0.4, 0.5) is 0 Å². The molecule has 1 aromatic carbocycles. The zero-order valence-electron chi connectivity index (χ0n) is 7.49. The summed E-state index contributed by atoms with van der Waals surface area (Å²) in [5.74, 6) is -0.171. The van der Waals surface area contributed by atoms with Gasteiger partial charge >= 0.3 is 0 Å². The molecule has 14 heavy (non-hydrogen) atoms. The number of nitrogens with zero attached hydrogens (tertiary/aromatic N) is 1. The van der Waals surface area contributed by atoms with E-state index in [9.17, 15) is 4.79 Å². The Hall–Kier alpha value is -0.980. The van der Waals surface area contributed by atoms with Crippen molar-refractivity contribution in [1.82, 2.24) is 0 Å². The van der Waals surface area contributed by atoms with Crippen molar-refractivity contribution in [3.05, 3.63) is 29.3 Å². The van der Waals surface area contributed by atoms with Gasteiger partial charge in [-0.15, -0.1) is 24.2 Å². The molecular weight excluding hydrogens is 218 g/mol.